The van der Waals surface area contributed by atoms with E-state index in [4.69, 9.17) is 0 Å². The Morgan fingerprint density at radius 2 is 1.86 bits per heavy atom. The quantitative estimate of drug-likeness (QED) is 0.661. The molecule has 0 aromatic rings. The van der Waals surface area contributed by atoms with Crippen LogP contribution in [0.1, 0.15) is 26.7 Å². The Labute approximate surface area is 82.5 Å². The Kier molecular flexibility index (Phi) is 6.11. The monoisotopic (exact) mass is 213 g/mol. The van der Waals surface area contributed by atoms with Crippen molar-refractivity contribution in [2.45, 2.75) is 39.0 Å². The maximum absolute atomic E-state index is 11.7. The molecule has 0 spiro atoms. The van der Waals surface area contributed by atoms with Crippen molar-refractivity contribution in [2.75, 3.05) is 13.1 Å². The number of alkyl halides is 3. The second kappa shape index (κ2) is 6.24. The van der Waals surface area contributed by atoms with Gasteiger partial charge < -0.3 is 10.4 Å². The smallest absolute Gasteiger partial charge is 0.390 e. The molecule has 0 aromatic carbocycles. The van der Waals surface area contributed by atoms with Crippen LogP contribution in [0.4, 0.5) is 13.2 Å². The third-order valence-electron chi connectivity index (χ3n) is 1.71. The SMILES string of the molecule is CC(C)CC(O)CNCCC(F)(F)F. The lowest BCUT2D eigenvalue weighted by Crippen LogP contribution is -2.30. The predicted octanol–water partition coefficient (Wildman–Crippen LogP) is 1.94. The van der Waals surface area contributed by atoms with Crippen LogP contribution >= 0.6 is 0 Å². The summed E-state index contributed by atoms with van der Waals surface area (Å²) in [6.45, 7) is 4.02. The molecule has 0 radical (unpaired) electrons. The minimum Gasteiger partial charge on any atom is -0.392 e. The summed E-state index contributed by atoms with van der Waals surface area (Å²) in [4.78, 5) is 0. The highest BCUT2D eigenvalue weighted by molar-refractivity contribution is 4.62. The molecule has 5 heteroatoms. The van der Waals surface area contributed by atoms with Crippen molar-refractivity contribution in [1.82, 2.24) is 5.32 Å². The molecule has 0 saturated carbocycles. The van der Waals surface area contributed by atoms with Crippen molar-refractivity contribution in [1.29, 1.82) is 0 Å². The van der Waals surface area contributed by atoms with E-state index in [2.05, 4.69) is 5.32 Å². The number of hydrogen-bond donors (Lipinski definition) is 2. The summed E-state index contributed by atoms with van der Waals surface area (Å²) in [6.07, 6.45) is -4.90. The van der Waals surface area contributed by atoms with Crippen LogP contribution in [0.25, 0.3) is 0 Å². The molecule has 0 saturated heterocycles. The van der Waals surface area contributed by atoms with Gasteiger partial charge in [-0.2, -0.15) is 13.2 Å². The van der Waals surface area contributed by atoms with Gasteiger partial charge in [0.1, 0.15) is 0 Å². The fraction of sp³-hybridized carbons (Fsp3) is 1.00. The molecule has 0 bridgehead atoms. The predicted molar refractivity (Wildman–Crippen MR) is 49.0 cm³/mol. The van der Waals surface area contributed by atoms with E-state index >= 15 is 0 Å². The van der Waals surface area contributed by atoms with Crippen LogP contribution < -0.4 is 5.32 Å². The van der Waals surface area contributed by atoms with E-state index in [-0.39, 0.29) is 13.1 Å². The van der Waals surface area contributed by atoms with Gasteiger partial charge in [-0.15, -0.1) is 0 Å². The number of aliphatic hydroxyl groups excluding tert-OH is 1. The van der Waals surface area contributed by atoms with Crippen LogP contribution in [0, 0.1) is 5.92 Å². The van der Waals surface area contributed by atoms with Crippen LogP contribution in [0.3, 0.4) is 0 Å². The van der Waals surface area contributed by atoms with Crippen LogP contribution in [0.2, 0.25) is 0 Å². The fourth-order valence-electron chi connectivity index (χ4n) is 1.13. The van der Waals surface area contributed by atoms with Gasteiger partial charge in [-0.05, 0) is 12.3 Å². The lowest BCUT2D eigenvalue weighted by atomic mass is 10.1. The molecule has 0 heterocycles. The molecule has 86 valence electrons. The fourth-order valence-corrected chi connectivity index (χ4v) is 1.13. The minimum atomic E-state index is -4.12. The second-order valence-electron chi connectivity index (χ2n) is 3.85. The summed E-state index contributed by atoms with van der Waals surface area (Å²) in [6, 6.07) is 0. The molecule has 0 aromatic heterocycles. The number of rotatable bonds is 6. The average Bonchev–Trinajstić information content (AvgIpc) is 1.95. The van der Waals surface area contributed by atoms with Crippen LogP contribution in [0.5, 0.6) is 0 Å². The first-order valence-corrected chi connectivity index (χ1v) is 4.77. The topological polar surface area (TPSA) is 32.3 Å². The second-order valence-corrected chi connectivity index (χ2v) is 3.85. The van der Waals surface area contributed by atoms with E-state index in [1.807, 2.05) is 13.8 Å². The number of hydrogen-bond acceptors (Lipinski definition) is 2. The largest absolute Gasteiger partial charge is 0.392 e. The van der Waals surface area contributed by atoms with E-state index in [1.165, 1.54) is 0 Å². The average molecular weight is 213 g/mol. The Morgan fingerprint density at radius 3 is 2.29 bits per heavy atom. The summed E-state index contributed by atoms with van der Waals surface area (Å²) in [5.74, 6) is 0.356. The highest BCUT2D eigenvalue weighted by Gasteiger charge is 2.26. The van der Waals surface area contributed by atoms with Gasteiger partial charge in [0.05, 0.1) is 12.5 Å². The molecule has 0 aliphatic heterocycles. The Morgan fingerprint density at radius 1 is 1.29 bits per heavy atom. The normalized spacial score (nSPS) is 14.8. The number of halogens is 3. The first-order chi connectivity index (χ1) is 6.31. The van der Waals surface area contributed by atoms with E-state index in [0.29, 0.717) is 12.3 Å². The van der Waals surface area contributed by atoms with Gasteiger partial charge >= 0.3 is 6.18 Å². The Balaban J connectivity index is 3.36. The number of nitrogens with one attached hydrogen (secondary N) is 1. The lowest BCUT2D eigenvalue weighted by Gasteiger charge is -2.14. The van der Waals surface area contributed by atoms with Crippen LogP contribution in [-0.4, -0.2) is 30.5 Å². The maximum Gasteiger partial charge on any atom is 0.390 e. The highest BCUT2D eigenvalue weighted by atomic mass is 19.4. The van der Waals surface area contributed by atoms with Gasteiger partial charge in [-0.1, -0.05) is 13.8 Å². The molecule has 0 aliphatic carbocycles. The molecule has 0 amide bonds. The molecule has 2 nitrogen and oxygen atoms in total. The van der Waals surface area contributed by atoms with E-state index in [1.54, 1.807) is 0 Å². The van der Waals surface area contributed by atoms with Crippen molar-refractivity contribution >= 4 is 0 Å². The first-order valence-electron chi connectivity index (χ1n) is 4.77. The highest BCUT2D eigenvalue weighted by Crippen LogP contribution is 2.18. The Bertz CT molecular complexity index is 147. The molecule has 0 fully saturated rings. The van der Waals surface area contributed by atoms with E-state index in [0.717, 1.165) is 0 Å². The minimum absolute atomic E-state index is 0.126. The van der Waals surface area contributed by atoms with Gasteiger partial charge in [0.2, 0.25) is 0 Å². The van der Waals surface area contributed by atoms with Gasteiger partial charge in [0.15, 0.2) is 0 Å². The zero-order valence-electron chi connectivity index (χ0n) is 8.56. The van der Waals surface area contributed by atoms with Crippen molar-refractivity contribution in [3.63, 3.8) is 0 Å². The molecule has 2 N–H and O–H groups in total. The van der Waals surface area contributed by atoms with E-state index in [9.17, 15) is 18.3 Å². The molecular formula is C9H18F3NO. The third kappa shape index (κ3) is 9.80. The van der Waals surface area contributed by atoms with Crippen molar-refractivity contribution < 1.29 is 18.3 Å². The molecule has 0 aliphatic rings. The maximum atomic E-state index is 11.7. The van der Waals surface area contributed by atoms with Gasteiger partial charge in [-0.3, -0.25) is 0 Å². The summed E-state index contributed by atoms with van der Waals surface area (Å²) in [5.41, 5.74) is 0. The first kappa shape index (κ1) is 13.7. The summed E-state index contributed by atoms with van der Waals surface area (Å²) >= 11 is 0. The molecule has 14 heavy (non-hydrogen) atoms. The van der Waals surface area contributed by atoms with Crippen molar-refractivity contribution in [3.05, 3.63) is 0 Å². The zero-order valence-corrected chi connectivity index (χ0v) is 8.56. The standard InChI is InChI=1S/C9H18F3NO/c1-7(2)5-8(14)6-13-4-3-9(10,11)12/h7-8,13-14H,3-6H2,1-2H3. The van der Waals surface area contributed by atoms with Crippen molar-refractivity contribution in [3.8, 4) is 0 Å². The number of aliphatic hydroxyl groups is 1. The van der Waals surface area contributed by atoms with Crippen LogP contribution in [-0.2, 0) is 0 Å². The van der Waals surface area contributed by atoms with Crippen LogP contribution in [0.15, 0.2) is 0 Å². The molecule has 1 unspecified atom stereocenters. The molecule has 0 rings (SSSR count). The van der Waals surface area contributed by atoms with Crippen molar-refractivity contribution in [2.24, 2.45) is 5.92 Å². The summed E-state index contributed by atoms with van der Waals surface area (Å²) in [7, 11) is 0. The third-order valence-corrected chi connectivity index (χ3v) is 1.71. The van der Waals surface area contributed by atoms with Gasteiger partial charge in [-0.25, -0.2) is 0 Å². The zero-order chi connectivity index (χ0) is 11.2. The van der Waals surface area contributed by atoms with Gasteiger partial charge in [0.25, 0.3) is 0 Å². The lowest BCUT2D eigenvalue weighted by molar-refractivity contribution is -0.133. The summed E-state index contributed by atoms with van der Waals surface area (Å²) in [5, 5.41) is 11.9. The summed E-state index contributed by atoms with van der Waals surface area (Å²) < 4.78 is 35.1. The Hall–Kier alpha value is -0.290. The molecular weight excluding hydrogens is 195 g/mol. The molecule has 1 atom stereocenters. The van der Waals surface area contributed by atoms with E-state index < -0.39 is 18.7 Å². The van der Waals surface area contributed by atoms with Gasteiger partial charge in [0, 0.05) is 13.1 Å².